The lowest BCUT2D eigenvalue weighted by Crippen LogP contribution is -2.48. The number of thiophene rings is 1. The molecule has 4 heteroatoms. The molecule has 1 atom stereocenters. The summed E-state index contributed by atoms with van der Waals surface area (Å²) in [6.45, 7) is 2.11. The lowest BCUT2D eigenvalue weighted by Gasteiger charge is -2.59. The quantitative estimate of drug-likeness (QED) is 0.175. The molecule has 4 bridgehead atoms. The molecular formula is C55H43N3S. The Kier molecular flexibility index (Phi) is 7.34. The third-order valence-corrected chi connectivity index (χ3v) is 15.7. The summed E-state index contributed by atoms with van der Waals surface area (Å²) >= 11 is 1.85. The van der Waals surface area contributed by atoms with Crippen LogP contribution in [0, 0.1) is 30.1 Å². The third-order valence-electron chi connectivity index (χ3n) is 14.6. The van der Waals surface area contributed by atoms with Crippen molar-refractivity contribution in [1.29, 1.82) is 0 Å². The molecule has 2 heterocycles. The van der Waals surface area contributed by atoms with Gasteiger partial charge in [0, 0.05) is 42.8 Å². The van der Waals surface area contributed by atoms with Gasteiger partial charge in [0.25, 0.3) is 0 Å². The van der Waals surface area contributed by atoms with Gasteiger partial charge >= 0.3 is 0 Å². The van der Waals surface area contributed by atoms with Crippen molar-refractivity contribution in [3.8, 4) is 56.4 Å². The molecule has 59 heavy (non-hydrogen) atoms. The molecule has 9 aromatic rings. The van der Waals surface area contributed by atoms with E-state index >= 15 is 0 Å². The standard InChI is InChI=1S/C55H43N3S/c1-32-8-7-13-41(20-32)53-56-52(36-9-3-2-4-10-36)57-54(58-53)42-15-18-44-46-25-40(16-19-49(46)59-50(44)28-42)39-14-17-43-45-24-37-11-5-6-12-38(37)26-48(45)51(47(43)27-39)55-29-33-21-34(30-55)23-35(22-33)31-55/h2-20,24-28,33-35,51H,21-23,29-31H2,1H3. The maximum Gasteiger partial charge on any atom is 0.164 e. The number of nitrogens with zero attached hydrogens (tertiary/aromatic N) is 3. The van der Waals surface area contributed by atoms with E-state index in [0.29, 0.717) is 28.8 Å². The average Bonchev–Trinajstić information content (AvgIpc) is 3.79. The molecule has 0 aliphatic heterocycles. The zero-order valence-corrected chi connectivity index (χ0v) is 34.0. The molecule has 5 aliphatic rings. The van der Waals surface area contributed by atoms with Crippen molar-refractivity contribution in [1.82, 2.24) is 15.0 Å². The van der Waals surface area contributed by atoms with Crippen molar-refractivity contribution in [3.63, 3.8) is 0 Å². The summed E-state index contributed by atoms with van der Waals surface area (Å²) in [6, 6.07) is 54.1. The van der Waals surface area contributed by atoms with Crippen LogP contribution in [0.15, 0.2) is 146 Å². The van der Waals surface area contributed by atoms with E-state index in [2.05, 4.69) is 134 Å². The molecule has 5 aliphatic carbocycles. The topological polar surface area (TPSA) is 38.7 Å². The molecule has 4 fully saturated rings. The van der Waals surface area contributed by atoms with Crippen LogP contribution in [0.3, 0.4) is 0 Å². The molecule has 3 nitrogen and oxygen atoms in total. The first-order chi connectivity index (χ1) is 29.0. The highest BCUT2D eigenvalue weighted by Crippen LogP contribution is 2.68. The molecule has 0 spiro atoms. The molecule has 14 rings (SSSR count). The molecule has 0 N–H and O–H groups in total. The molecule has 0 saturated heterocycles. The minimum Gasteiger partial charge on any atom is -0.208 e. The van der Waals surface area contributed by atoms with Gasteiger partial charge in [0.1, 0.15) is 0 Å². The summed E-state index contributed by atoms with van der Waals surface area (Å²) < 4.78 is 2.54. The average molecular weight is 778 g/mol. The molecule has 0 amide bonds. The van der Waals surface area contributed by atoms with Crippen LogP contribution in [-0.2, 0) is 0 Å². The Balaban J connectivity index is 0.910. The fourth-order valence-electron chi connectivity index (χ4n) is 12.5. The zero-order valence-electron chi connectivity index (χ0n) is 33.2. The molecule has 2 aromatic heterocycles. The van der Waals surface area contributed by atoms with Crippen molar-refractivity contribution in [3.05, 3.63) is 162 Å². The number of benzene rings is 7. The molecule has 0 radical (unpaired) electrons. The Morgan fingerprint density at radius 3 is 1.81 bits per heavy atom. The van der Waals surface area contributed by atoms with Crippen LogP contribution in [-0.4, -0.2) is 15.0 Å². The largest absolute Gasteiger partial charge is 0.208 e. The second kappa shape index (κ2) is 12.8. The van der Waals surface area contributed by atoms with E-state index in [1.807, 2.05) is 29.5 Å². The third kappa shape index (κ3) is 5.42. The van der Waals surface area contributed by atoms with Gasteiger partial charge in [0.2, 0.25) is 0 Å². The predicted octanol–water partition coefficient (Wildman–Crippen LogP) is 14.7. The van der Waals surface area contributed by atoms with Crippen molar-refractivity contribution < 1.29 is 0 Å². The first-order valence-electron chi connectivity index (χ1n) is 21.5. The number of hydrogen-bond acceptors (Lipinski definition) is 4. The normalized spacial score (nSPS) is 22.7. The number of aryl methyl sites for hydroxylation is 1. The van der Waals surface area contributed by atoms with Gasteiger partial charge in [-0.05, 0) is 155 Å². The summed E-state index contributed by atoms with van der Waals surface area (Å²) in [7, 11) is 0. The molecule has 4 saturated carbocycles. The Morgan fingerprint density at radius 1 is 0.458 bits per heavy atom. The Hall–Kier alpha value is -5.97. The van der Waals surface area contributed by atoms with Gasteiger partial charge < -0.3 is 0 Å². The van der Waals surface area contributed by atoms with E-state index < -0.39 is 0 Å². The van der Waals surface area contributed by atoms with Gasteiger partial charge in [-0.2, -0.15) is 0 Å². The summed E-state index contributed by atoms with van der Waals surface area (Å²) in [6.07, 6.45) is 8.62. The van der Waals surface area contributed by atoms with Gasteiger partial charge in [-0.1, -0.05) is 109 Å². The van der Waals surface area contributed by atoms with Crippen LogP contribution in [0.4, 0.5) is 0 Å². The van der Waals surface area contributed by atoms with E-state index in [1.54, 1.807) is 11.1 Å². The number of aromatic nitrogens is 3. The Labute approximate surface area is 348 Å². The summed E-state index contributed by atoms with van der Waals surface area (Å²) in [5, 5.41) is 5.32. The van der Waals surface area contributed by atoms with Crippen molar-refractivity contribution in [2.24, 2.45) is 23.2 Å². The van der Waals surface area contributed by atoms with Crippen LogP contribution in [0.25, 0.3) is 87.4 Å². The first kappa shape index (κ1) is 33.9. The van der Waals surface area contributed by atoms with E-state index in [-0.39, 0.29) is 0 Å². The van der Waals surface area contributed by atoms with Gasteiger partial charge in [-0.25, -0.2) is 15.0 Å². The van der Waals surface area contributed by atoms with Gasteiger partial charge in [-0.15, -0.1) is 11.3 Å². The molecule has 7 aromatic carbocycles. The maximum absolute atomic E-state index is 5.06. The van der Waals surface area contributed by atoms with Gasteiger partial charge in [0.15, 0.2) is 17.5 Å². The zero-order chi connectivity index (χ0) is 38.8. The van der Waals surface area contributed by atoms with Crippen LogP contribution < -0.4 is 0 Å². The monoisotopic (exact) mass is 777 g/mol. The minimum absolute atomic E-state index is 0.377. The number of hydrogen-bond donors (Lipinski definition) is 0. The van der Waals surface area contributed by atoms with Crippen LogP contribution in [0.1, 0.15) is 61.1 Å². The van der Waals surface area contributed by atoms with Crippen molar-refractivity contribution in [2.45, 2.75) is 51.4 Å². The lowest BCUT2D eigenvalue weighted by atomic mass is 9.45. The van der Waals surface area contributed by atoms with Crippen LogP contribution in [0.5, 0.6) is 0 Å². The first-order valence-corrected chi connectivity index (χ1v) is 22.3. The predicted molar refractivity (Wildman–Crippen MR) is 245 cm³/mol. The van der Waals surface area contributed by atoms with Crippen molar-refractivity contribution >= 4 is 42.3 Å². The Morgan fingerprint density at radius 2 is 1.07 bits per heavy atom. The maximum atomic E-state index is 5.06. The second-order valence-corrected chi connectivity index (χ2v) is 19.5. The minimum atomic E-state index is 0.377. The van der Waals surface area contributed by atoms with E-state index in [0.717, 1.165) is 34.4 Å². The highest BCUT2D eigenvalue weighted by atomic mass is 32.1. The Bertz CT molecular complexity index is 3140. The molecule has 284 valence electrons. The molecular weight excluding hydrogens is 735 g/mol. The number of fused-ring (bicyclic) bond motifs is 7. The second-order valence-electron chi connectivity index (χ2n) is 18.4. The fourth-order valence-corrected chi connectivity index (χ4v) is 13.7. The highest BCUT2D eigenvalue weighted by molar-refractivity contribution is 7.25. The van der Waals surface area contributed by atoms with Crippen LogP contribution >= 0.6 is 11.3 Å². The highest BCUT2D eigenvalue weighted by Gasteiger charge is 2.56. The van der Waals surface area contributed by atoms with E-state index in [9.17, 15) is 0 Å². The van der Waals surface area contributed by atoms with Crippen LogP contribution in [0.2, 0.25) is 0 Å². The van der Waals surface area contributed by atoms with Gasteiger partial charge in [0.05, 0.1) is 0 Å². The SMILES string of the molecule is Cc1cccc(-c2nc(-c3ccccc3)nc(-c3ccc4c(c3)sc3ccc(-c5ccc6c(c5)C(C57CC8CC(CC(C8)C5)C7)c5cc7ccccc7cc5-6)cc34)n2)c1. The molecule has 1 unspecified atom stereocenters. The fraction of sp³-hybridized carbons (Fsp3) is 0.218. The van der Waals surface area contributed by atoms with E-state index in [1.165, 1.54) is 97.3 Å². The smallest absolute Gasteiger partial charge is 0.164 e. The van der Waals surface area contributed by atoms with Gasteiger partial charge in [-0.3, -0.25) is 0 Å². The lowest BCUT2D eigenvalue weighted by molar-refractivity contribution is -0.0612. The summed E-state index contributed by atoms with van der Waals surface area (Å²) in [4.78, 5) is 15.1. The van der Waals surface area contributed by atoms with E-state index in [4.69, 9.17) is 15.0 Å². The summed E-state index contributed by atoms with van der Waals surface area (Å²) in [5.74, 6) is 5.28. The summed E-state index contributed by atoms with van der Waals surface area (Å²) in [5.41, 5.74) is 13.3. The number of rotatable bonds is 5. The van der Waals surface area contributed by atoms with Crippen molar-refractivity contribution in [2.75, 3.05) is 0 Å².